The van der Waals surface area contributed by atoms with E-state index in [9.17, 15) is 9.59 Å². The first kappa shape index (κ1) is 18.0. The molecule has 1 N–H and O–H groups in total. The lowest BCUT2D eigenvalue weighted by Gasteiger charge is -2.32. The third kappa shape index (κ3) is 4.43. The van der Waals surface area contributed by atoms with E-state index in [-0.39, 0.29) is 17.7 Å². The summed E-state index contributed by atoms with van der Waals surface area (Å²) in [6.45, 7) is 4.11. The van der Waals surface area contributed by atoms with E-state index in [0.717, 1.165) is 42.8 Å². The Hall–Kier alpha value is -1.80. The molecule has 3 rings (SSSR count). The minimum absolute atomic E-state index is 0.0321. The summed E-state index contributed by atoms with van der Waals surface area (Å²) in [5.74, 6) is 0.292. The maximum Gasteiger partial charge on any atom is 0.267 e. The molecule has 0 spiro atoms. The Balaban J connectivity index is 1.56. The molecule has 3 heterocycles. The third-order valence-electron chi connectivity index (χ3n) is 4.34. The summed E-state index contributed by atoms with van der Waals surface area (Å²) in [6.07, 6.45) is 3.71. The van der Waals surface area contributed by atoms with Gasteiger partial charge in [-0.3, -0.25) is 9.59 Å². The second-order valence-corrected chi connectivity index (χ2v) is 7.95. The molecule has 0 aliphatic carbocycles. The van der Waals surface area contributed by atoms with Crippen molar-refractivity contribution in [2.24, 2.45) is 5.92 Å². The number of likely N-dealkylation sites (tertiary alicyclic amines) is 1. The smallest absolute Gasteiger partial charge is 0.267 e. The Bertz CT molecular complexity index is 714. The molecule has 0 aromatic carbocycles. The number of rotatable bonds is 6. The van der Waals surface area contributed by atoms with Gasteiger partial charge in [-0.05, 0) is 48.2 Å². The van der Waals surface area contributed by atoms with Gasteiger partial charge in [-0.25, -0.2) is 0 Å². The number of hydrogen-bond acceptors (Lipinski definition) is 6. The van der Waals surface area contributed by atoms with E-state index in [2.05, 4.69) is 21.8 Å². The van der Waals surface area contributed by atoms with Crippen LogP contribution in [0.15, 0.2) is 17.5 Å². The summed E-state index contributed by atoms with van der Waals surface area (Å²) in [7, 11) is 0. The van der Waals surface area contributed by atoms with Crippen molar-refractivity contribution < 1.29 is 9.59 Å². The monoisotopic (exact) mass is 378 g/mol. The van der Waals surface area contributed by atoms with Crippen LogP contribution in [0, 0.1) is 5.92 Å². The molecule has 2 aromatic heterocycles. The first-order chi connectivity index (χ1) is 12.2. The van der Waals surface area contributed by atoms with Gasteiger partial charge >= 0.3 is 0 Å². The predicted molar refractivity (Wildman–Crippen MR) is 99.2 cm³/mol. The number of nitrogens with one attached hydrogen (secondary N) is 1. The Morgan fingerprint density at radius 3 is 3.08 bits per heavy atom. The quantitative estimate of drug-likeness (QED) is 0.839. The Morgan fingerprint density at radius 2 is 2.32 bits per heavy atom. The molecular weight excluding hydrogens is 356 g/mol. The molecule has 6 nitrogen and oxygen atoms in total. The summed E-state index contributed by atoms with van der Waals surface area (Å²) >= 11 is 2.63. The lowest BCUT2D eigenvalue weighted by Crippen LogP contribution is -2.43. The molecular formula is C17H22N4O2S2. The highest BCUT2D eigenvalue weighted by atomic mass is 32.1. The van der Waals surface area contributed by atoms with Crippen molar-refractivity contribution in [3.8, 4) is 0 Å². The van der Waals surface area contributed by atoms with E-state index in [4.69, 9.17) is 0 Å². The van der Waals surface area contributed by atoms with Crippen molar-refractivity contribution in [1.29, 1.82) is 0 Å². The van der Waals surface area contributed by atoms with Gasteiger partial charge in [0, 0.05) is 19.6 Å². The number of aromatic nitrogens is 2. The molecule has 1 aliphatic heterocycles. The average molecular weight is 379 g/mol. The molecule has 25 heavy (non-hydrogen) atoms. The predicted octanol–water partition coefficient (Wildman–Crippen LogP) is 2.83. The highest BCUT2D eigenvalue weighted by Crippen LogP contribution is 2.21. The van der Waals surface area contributed by atoms with Crippen LogP contribution in [0.25, 0.3) is 0 Å². The summed E-state index contributed by atoms with van der Waals surface area (Å²) in [4.78, 5) is 28.2. The van der Waals surface area contributed by atoms with Crippen molar-refractivity contribution in [2.75, 3.05) is 19.6 Å². The van der Waals surface area contributed by atoms with E-state index < -0.39 is 0 Å². The fourth-order valence-electron chi connectivity index (χ4n) is 3.06. The average Bonchev–Trinajstić information content (AvgIpc) is 3.31. The number of piperidine rings is 1. The lowest BCUT2D eigenvalue weighted by atomic mass is 9.97. The molecule has 0 unspecified atom stereocenters. The molecule has 8 heteroatoms. The zero-order chi connectivity index (χ0) is 17.6. The molecule has 134 valence electrons. The summed E-state index contributed by atoms with van der Waals surface area (Å²) in [5, 5.41) is 8.98. The van der Waals surface area contributed by atoms with Crippen LogP contribution in [0.2, 0.25) is 0 Å². The molecule has 1 fully saturated rings. The van der Waals surface area contributed by atoms with E-state index in [1.807, 2.05) is 22.4 Å². The second-order valence-electron chi connectivity index (χ2n) is 6.25. The molecule has 2 amide bonds. The van der Waals surface area contributed by atoms with Gasteiger partial charge in [-0.1, -0.05) is 23.9 Å². The minimum Gasteiger partial charge on any atom is -0.351 e. The summed E-state index contributed by atoms with van der Waals surface area (Å²) in [6, 6.07) is 3.69. The number of carbonyl (C=O) groups excluding carboxylic acids is 2. The molecule has 0 bridgehead atoms. The standard InChI is InChI=1S/C17H22N4O2S2/c1-2-5-13-15(25-20-19-13)17(23)21-8-3-6-12(11-21)10-18-16(22)14-7-4-9-24-14/h4,7,9,12H,2-3,5-6,8,10-11H2,1H3,(H,18,22)/t12-/m1/s1. The van der Waals surface area contributed by atoms with Crippen LogP contribution in [0.3, 0.4) is 0 Å². The molecule has 2 aromatic rings. The van der Waals surface area contributed by atoms with Gasteiger partial charge in [-0.15, -0.1) is 16.4 Å². The number of nitrogens with zero attached hydrogens (tertiary/aromatic N) is 3. The van der Waals surface area contributed by atoms with Crippen LogP contribution in [0.5, 0.6) is 0 Å². The number of thiophene rings is 1. The molecule has 1 atom stereocenters. The zero-order valence-electron chi connectivity index (χ0n) is 14.2. The van der Waals surface area contributed by atoms with E-state index in [1.54, 1.807) is 0 Å². The van der Waals surface area contributed by atoms with Crippen LogP contribution >= 0.6 is 22.9 Å². The fourth-order valence-corrected chi connectivity index (χ4v) is 4.38. The van der Waals surface area contributed by atoms with Gasteiger partial charge in [0.2, 0.25) is 0 Å². The molecule has 1 aliphatic rings. The first-order valence-electron chi connectivity index (χ1n) is 8.61. The Morgan fingerprint density at radius 1 is 1.44 bits per heavy atom. The maximum absolute atomic E-state index is 12.8. The number of carbonyl (C=O) groups is 2. The van der Waals surface area contributed by atoms with Crippen molar-refractivity contribution >= 4 is 34.7 Å². The largest absolute Gasteiger partial charge is 0.351 e. The van der Waals surface area contributed by atoms with Crippen LogP contribution in [0.1, 0.15) is 51.2 Å². The van der Waals surface area contributed by atoms with Crippen molar-refractivity contribution in [1.82, 2.24) is 19.8 Å². The SMILES string of the molecule is CCCc1nnsc1C(=O)N1CCC[C@H](CNC(=O)c2cccs2)C1. The summed E-state index contributed by atoms with van der Waals surface area (Å²) in [5.41, 5.74) is 0.811. The number of aryl methyl sites for hydroxylation is 1. The van der Waals surface area contributed by atoms with Crippen molar-refractivity contribution in [3.05, 3.63) is 33.0 Å². The zero-order valence-corrected chi connectivity index (χ0v) is 15.9. The highest BCUT2D eigenvalue weighted by Gasteiger charge is 2.27. The topological polar surface area (TPSA) is 75.2 Å². The normalized spacial score (nSPS) is 17.5. The summed E-state index contributed by atoms with van der Waals surface area (Å²) < 4.78 is 3.95. The van der Waals surface area contributed by atoms with Crippen LogP contribution in [-0.4, -0.2) is 45.9 Å². The maximum atomic E-state index is 12.8. The minimum atomic E-state index is -0.0321. The molecule has 0 saturated carbocycles. The van der Waals surface area contributed by atoms with E-state index in [1.165, 1.54) is 22.9 Å². The van der Waals surface area contributed by atoms with Gasteiger partial charge in [0.15, 0.2) is 0 Å². The number of hydrogen-bond donors (Lipinski definition) is 1. The third-order valence-corrected chi connectivity index (χ3v) is 5.96. The second kappa shape index (κ2) is 8.53. The Kier molecular flexibility index (Phi) is 6.14. The van der Waals surface area contributed by atoms with Gasteiger partial charge < -0.3 is 10.2 Å². The molecule has 1 saturated heterocycles. The number of amides is 2. The van der Waals surface area contributed by atoms with Crippen molar-refractivity contribution in [2.45, 2.75) is 32.6 Å². The fraction of sp³-hybridized carbons (Fsp3) is 0.529. The Labute approximate surface area is 155 Å². The van der Waals surface area contributed by atoms with E-state index >= 15 is 0 Å². The highest BCUT2D eigenvalue weighted by molar-refractivity contribution is 7.12. The van der Waals surface area contributed by atoms with Gasteiger partial charge in [-0.2, -0.15) is 0 Å². The molecule has 0 radical (unpaired) electrons. The van der Waals surface area contributed by atoms with Gasteiger partial charge in [0.05, 0.1) is 10.6 Å². The van der Waals surface area contributed by atoms with Crippen LogP contribution in [0.4, 0.5) is 0 Å². The van der Waals surface area contributed by atoms with Crippen molar-refractivity contribution in [3.63, 3.8) is 0 Å². The van der Waals surface area contributed by atoms with Gasteiger partial charge in [0.1, 0.15) is 4.88 Å². The van der Waals surface area contributed by atoms with Crippen LogP contribution < -0.4 is 5.32 Å². The first-order valence-corrected chi connectivity index (χ1v) is 10.3. The lowest BCUT2D eigenvalue weighted by molar-refractivity contribution is 0.0674. The van der Waals surface area contributed by atoms with Crippen LogP contribution in [-0.2, 0) is 6.42 Å². The van der Waals surface area contributed by atoms with Gasteiger partial charge in [0.25, 0.3) is 11.8 Å². The van der Waals surface area contributed by atoms with E-state index in [0.29, 0.717) is 18.0 Å².